The Kier molecular flexibility index (Phi) is 9.31. The Bertz CT molecular complexity index is 1070. The number of nitrogens with zero attached hydrogens (tertiary/aromatic N) is 5. The van der Waals surface area contributed by atoms with E-state index < -0.39 is 0 Å². The molecule has 0 atom stereocenters. The molecule has 8 nitrogen and oxygen atoms in total. The number of hydrogen-bond donors (Lipinski definition) is 0. The van der Waals surface area contributed by atoms with E-state index in [0.717, 1.165) is 50.4 Å². The number of carbonyl (C=O) groups is 1. The lowest BCUT2D eigenvalue weighted by atomic mass is 10.0. The van der Waals surface area contributed by atoms with Crippen LogP contribution in [0.5, 0.6) is 0 Å². The summed E-state index contributed by atoms with van der Waals surface area (Å²) in [4.78, 5) is 33.1. The van der Waals surface area contributed by atoms with Crippen molar-refractivity contribution in [2.24, 2.45) is 0 Å². The van der Waals surface area contributed by atoms with Crippen molar-refractivity contribution in [3.8, 4) is 6.07 Å². The minimum absolute atomic E-state index is 0.135. The molecule has 0 bridgehead atoms. The molecule has 0 saturated carbocycles. The maximum atomic E-state index is 13.3. The lowest BCUT2D eigenvalue weighted by Gasteiger charge is -2.36. The fourth-order valence-electron chi connectivity index (χ4n) is 4.22. The van der Waals surface area contributed by atoms with Crippen LogP contribution in [-0.2, 0) is 16.1 Å². The second kappa shape index (κ2) is 12.0. The number of amides is 1. The van der Waals surface area contributed by atoms with Gasteiger partial charge >= 0.3 is 0 Å². The van der Waals surface area contributed by atoms with Gasteiger partial charge < -0.3 is 14.5 Å². The maximum Gasteiger partial charge on any atom is 0.270 e. The maximum absolute atomic E-state index is 13.3. The summed E-state index contributed by atoms with van der Waals surface area (Å²) in [5, 5.41) is 9.81. The van der Waals surface area contributed by atoms with Crippen LogP contribution >= 0.6 is 24.0 Å². The van der Waals surface area contributed by atoms with E-state index in [1.165, 1.54) is 11.8 Å². The van der Waals surface area contributed by atoms with Gasteiger partial charge in [-0.2, -0.15) is 5.26 Å². The highest BCUT2D eigenvalue weighted by Crippen LogP contribution is 2.36. The number of thiocarbonyl (C=S) groups is 1. The third-order valence-corrected chi connectivity index (χ3v) is 7.64. The molecule has 0 unspecified atom stereocenters. The van der Waals surface area contributed by atoms with Crippen LogP contribution in [0.1, 0.15) is 42.9 Å². The lowest BCUT2D eigenvalue weighted by Crippen LogP contribution is -2.47. The number of anilines is 1. The Morgan fingerprint density at radius 3 is 2.50 bits per heavy atom. The van der Waals surface area contributed by atoms with Crippen molar-refractivity contribution in [1.82, 2.24) is 14.4 Å². The van der Waals surface area contributed by atoms with Gasteiger partial charge in [0.05, 0.1) is 4.91 Å². The van der Waals surface area contributed by atoms with Gasteiger partial charge in [-0.15, -0.1) is 0 Å². The fourth-order valence-corrected chi connectivity index (χ4v) is 5.51. The lowest BCUT2D eigenvalue weighted by molar-refractivity contribution is -0.122. The first kappa shape index (κ1) is 26.4. The predicted molar refractivity (Wildman–Crippen MR) is 141 cm³/mol. The molecule has 34 heavy (non-hydrogen) atoms. The Balaban J connectivity index is 2.13. The van der Waals surface area contributed by atoms with Crippen molar-refractivity contribution in [1.29, 1.82) is 5.26 Å². The molecule has 0 N–H and O–H groups in total. The molecule has 3 heterocycles. The highest BCUT2D eigenvalue weighted by molar-refractivity contribution is 8.26. The number of rotatable bonds is 9. The van der Waals surface area contributed by atoms with E-state index in [2.05, 4.69) is 29.8 Å². The molecule has 3 rings (SSSR count). The van der Waals surface area contributed by atoms with Crippen molar-refractivity contribution in [2.45, 2.75) is 39.7 Å². The first-order valence-corrected chi connectivity index (χ1v) is 12.9. The van der Waals surface area contributed by atoms with Crippen LogP contribution in [0.25, 0.3) is 6.08 Å². The van der Waals surface area contributed by atoms with E-state index >= 15 is 0 Å². The number of unbranched alkanes of at least 4 members (excludes halogenated alkanes) is 1. The summed E-state index contributed by atoms with van der Waals surface area (Å²) in [5.41, 5.74) is 1.25. The average Bonchev–Trinajstić information content (AvgIpc) is 3.08. The number of hydrogen-bond acceptors (Lipinski definition) is 8. The van der Waals surface area contributed by atoms with Gasteiger partial charge in [0, 0.05) is 58.5 Å². The quantitative estimate of drug-likeness (QED) is 0.289. The summed E-state index contributed by atoms with van der Waals surface area (Å²) in [7, 11) is 3.72. The van der Waals surface area contributed by atoms with Gasteiger partial charge in [0.1, 0.15) is 21.8 Å². The number of piperazine rings is 1. The number of carbonyl (C=O) groups excluding carboxylic acids is 1. The molecule has 1 amide bonds. The molecule has 2 aliphatic heterocycles. The van der Waals surface area contributed by atoms with Gasteiger partial charge in [0.2, 0.25) is 0 Å². The number of likely N-dealkylation sites (N-methyl/N-ethyl adjacent to an activating group) is 1. The summed E-state index contributed by atoms with van der Waals surface area (Å²) in [6, 6.07) is 2.11. The Labute approximate surface area is 211 Å². The largest absolute Gasteiger partial charge is 0.385 e. The number of aromatic nitrogens is 1. The van der Waals surface area contributed by atoms with Gasteiger partial charge in [-0.3, -0.25) is 19.1 Å². The molecule has 1 aromatic heterocycles. The van der Waals surface area contributed by atoms with Crippen molar-refractivity contribution in [3.63, 3.8) is 0 Å². The zero-order valence-electron chi connectivity index (χ0n) is 20.4. The Morgan fingerprint density at radius 2 is 1.88 bits per heavy atom. The van der Waals surface area contributed by atoms with Crippen LogP contribution < -0.4 is 10.5 Å². The number of methoxy groups -OCH3 is 1. The molecule has 184 valence electrons. The predicted octanol–water partition coefficient (Wildman–Crippen LogP) is 2.82. The summed E-state index contributed by atoms with van der Waals surface area (Å²) >= 11 is 6.75. The third kappa shape index (κ3) is 5.54. The molecule has 1 aromatic rings. The first-order valence-electron chi connectivity index (χ1n) is 11.7. The Hall–Kier alpha value is -2.19. The Morgan fingerprint density at radius 1 is 1.18 bits per heavy atom. The first-order chi connectivity index (χ1) is 16.3. The highest BCUT2D eigenvalue weighted by Gasteiger charge is 2.33. The van der Waals surface area contributed by atoms with Crippen molar-refractivity contribution < 1.29 is 9.53 Å². The van der Waals surface area contributed by atoms with Crippen molar-refractivity contribution in [3.05, 3.63) is 31.9 Å². The number of thioether (sulfide) groups is 1. The van der Waals surface area contributed by atoms with Crippen LogP contribution in [0.3, 0.4) is 0 Å². The molecule has 2 aliphatic rings. The second-order valence-electron chi connectivity index (χ2n) is 8.63. The second-order valence-corrected chi connectivity index (χ2v) is 10.3. The van der Waals surface area contributed by atoms with E-state index in [-0.39, 0.29) is 17.0 Å². The standard InChI is InChI=1S/C24H33N5O3S2/c1-5-6-8-28-21(27-12-10-26(3)11-13-27)18(17(2)19(16-25)22(28)30)15-20-23(31)29(24(33)34-20)9-7-14-32-4/h15H,5-14H2,1-4H3/b20-15-. The van der Waals surface area contributed by atoms with Gasteiger partial charge in [-0.1, -0.05) is 37.3 Å². The van der Waals surface area contributed by atoms with Gasteiger partial charge in [0.25, 0.3) is 11.5 Å². The van der Waals surface area contributed by atoms with Crippen molar-refractivity contribution in [2.75, 3.05) is 58.4 Å². The number of ether oxygens (including phenoxy) is 1. The third-order valence-electron chi connectivity index (χ3n) is 6.26. The molecule has 0 aliphatic carbocycles. The van der Waals surface area contributed by atoms with Crippen LogP contribution in [0.4, 0.5) is 5.82 Å². The zero-order valence-corrected chi connectivity index (χ0v) is 22.1. The van der Waals surface area contributed by atoms with Crippen LogP contribution in [-0.4, -0.2) is 78.1 Å². The van der Waals surface area contributed by atoms with Crippen LogP contribution in [0, 0.1) is 18.3 Å². The minimum atomic E-state index is -0.258. The summed E-state index contributed by atoms with van der Waals surface area (Å²) in [5.74, 6) is 0.660. The van der Waals surface area contributed by atoms with E-state index in [4.69, 9.17) is 17.0 Å². The van der Waals surface area contributed by atoms with E-state index in [1.54, 1.807) is 23.5 Å². The zero-order chi connectivity index (χ0) is 24.8. The number of pyridine rings is 1. The molecular weight excluding hydrogens is 470 g/mol. The topological polar surface area (TPSA) is 81.8 Å². The molecule has 0 aromatic carbocycles. The normalized spacial score (nSPS) is 18.3. The molecular formula is C24H33N5O3S2. The van der Waals surface area contributed by atoms with Crippen LogP contribution in [0.2, 0.25) is 0 Å². The molecule has 0 spiro atoms. The van der Waals surface area contributed by atoms with Crippen molar-refractivity contribution >= 4 is 46.1 Å². The van der Waals surface area contributed by atoms with Gasteiger partial charge in [-0.25, -0.2) is 0 Å². The van der Waals surface area contributed by atoms with Gasteiger partial charge in [0.15, 0.2) is 0 Å². The highest BCUT2D eigenvalue weighted by atomic mass is 32.2. The summed E-state index contributed by atoms with van der Waals surface area (Å²) < 4.78 is 7.37. The number of nitriles is 1. The van der Waals surface area contributed by atoms with Gasteiger partial charge in [-0.05, 0) is 38.5 Å². The summed E-state index contributed by atoms with van der Waals surface area (Å²) in [6.07, 6.45) is 4.29. The molecule has 10 heteroatoms. The molecule has 2 saturated heterocycles. The van der Waals surface area contributed by atoms with Crippen LogP contribution in [0.15, 0.2) is 9.70 Å². The van der Waals surface area contributed by atoms with E-state index in [1.807, 2.05) is 6.08 Å². The fraction of sp³-hybridized carbons (Fsp3) is 0.583. The monoisotopic (exact) mass is 503 g/mol. The SMILES string of the molecule is CCCCn1c(N2CCN(C)CC2)c(/C=C2\SC(=S)N(CCCOC)C2=O)c(C)c(C#N)c1=O. The average molecular weight is 504 g/mol. The smallest absolute Gasteiger partial charge is 0.270 e. The minimum Gasteiger partial charge on any atom is -0.385 e. The van der Waals surface area contributed by atoms with E-state index in [0.29, 0.717) is 40.9 Å². The summed E-state index contributed by atoms with van der Waals surface area (Å²) in [6.45, 7) is 8.76. The molecule has 0 radical (unpaired) electrons. The van der Waals surface area contributed by atoms with E-state index in [9.17, 15) is 14.9 Å². The molecule has 2 fully saturated rings.